The van der Waals surface area contributed by atoms with Crippen molar-refractivity contribution < 1.29 is 19.0 Å². The van der Waals surface area contributed by atoms with Crippen molar-refractivity contribution in [3.63, 3.8) is 0 Å². The number of Topliss-reactive ketones (excluding diaryl/α,β-unsaturated/α-hetero) is 1. The first-order valence-electron chi connectivity index (χ1n) is 9.29. The van der Waals surface area contributed by atoms with Crippen molar-refractivity contribution in [3.05, 3.63) is 24.8 Å². The fourth-order valence-corrected chi connectivity index (χ4v) is 5.38. The monoisotopic (exact) mass is 332 g/mol. The second-order valence-corrected chi connectivity index (χ2v) is 7.97. The number of ether oxygens (including phenoxy) is 3. The Bertz CT molecular complexity index is 562. The molecule has 2 aliphatic carbocycles. The lowest BCUT2D eigenvalue weighted by molar-refractivity contribution is -0.195. The predicted molar refractivity (Wildman–Crippen MR) is 90.4 cm³/mol. The summed E-state index contributed by atoms with van der Waals surface area (Å²) in [4.78, 5) is 13.6. The molecule has 0 radical (unpaired) electrons. The first-order valence-corrected chi connectivity index (χ1v) is 9.29. The molecule has 0 N–H and O–H groups in total. The molecule has 0 aromatic heterocycles. The maximum atomic E-state index is 13.6. The van der Waals surface area contributed by atoms with Gasteiger partial charge in [0.1, 0.15) is 0 Å². The maximum absolute atomic E-state index is 13.6. The van der Waals surface area contributed by atoms with Crippen molar-refractivity contribution >= 4 is 5.78 Å². The number of epoxide rings is 1. The van der Waals surface area contributed by atoms with Crippen molar-refractivity contribution in [2.75, 3.05) is 13.2 Å². The summed E-state index contributed by atoms with van der Waals surface area (Å²) >= 11 is 0. The standard InChI is InChI=1S/C20H28O4/c1-4-5-14-6-7-17-20(14,24-17)18(21)16-12-19(22-10-11-23-19)9-8-15(16)13(2)3/h4,14-17H,1-2,5-12H2,3H3/t14-,15+,16-,17+,20-/m1/s1. The Balaban J connectivity index is 1.60. The van der Waals surface area contributed by atoms with Crippen LogP contribution in [-0.2, 0) is 19.0 Å². The van der Waals surface area contributed by atoms with Crippen LogP contribution < -0.4 is 0 Å². The molecule has 4 heteroatoms. The van der Waals surface area contributed by atoms with Gasteiger partial charge in [-0.3, -0.25) is 4.79 Å². The molecule has 0 aromatic carbocycles. The van der Waals surface area contributed by atoms with Gasteiger partial charge in [-0.25, -0.2) is 0 Å². The highest BCUT2D eigenvalue weighted by Crippen LogP contribution is 2.59. The van der Waals surface area contributed by atoms with Crippen molar-refractivity contribution in [1.82, 2.24) is 0 Å². The number of hydrogen-bond donors (Lipinski definition) is 0. The Labute approximate surface area is 144 Å². The van der Waals surface area contributed by atoms with E-state index in [1.54, 1.807) is 0 Å². The number of hydrogen-bond acceptors (Lipinski definition) is 4. The van der Waals surface area contributed by atoms with Crippen LogP contribution in [0.5, 0.6) is 0 Å². The third-order valence-corrected chi connectivity index (χ3v) is 6.61. The number of allylic oxidation sites excluding steroid dienone is 2. The number of carbonyl (C=O) groups is 1. The largest absolute Gasteiger partial charge is 0.357 e. The van der Waals surface area contributed by atoms with E-state index in [4.69, 9.17) is 14.2 Å². The molecule has 132 valence electrons. The topological polar surface area (TPSA) is 48.1 Å². The van der Waals surface area contributed by atoms with Crippen LogP contribution in [0, 0.1) is 17.8 Å². The van der Waals surface area contributed by atoms with Crippen LogP contribution in [0.3, 0.4) is 0 Å². The average Bonchev–Trinajstić information content (AvgIpc) is 2.96. The van der Waals surface area contributed by atoms with Gasteiger partial charge in [0.05, 0.1) is 19.3 Å². The van der Waals surface area contributed by atoms with Gasteiger partial charge in [0.15, 0.2) is 17.2 Å². The van der Waals surface area contributed by atoms with Crippen LogP contribution in [-0.4, -0.2) is 36.5 Å². The van der Waals surface area contributed by atoms with Gasteiger partial charge >= 0.3 is 0 Å². The zero-order valence-electron chi connectivity index (χ0n) is 14.6. The molecule has 2 aliphatic heterocycles. The van der Waals surface area contributed by atoms with E-state index >= 15 is 0 Å². The summed E-state index contributed by atoms with van der Waals surface area (Å²) in [6.07, 6.45) is 7.33. The Kier molecular flexibility index (Phi) is 3.98. The lowest BCUT2D eigenvalue weighted by atomic mass is 9.67. The molecular formula is C20H28O4. The molecular weight excluding hydrogens is 304 g/mol. The molecule has 24 heavy (non-hydrogen) atoms. The van der Waals surface area contributed by atoms with Crippen LogP contribution in [0.2, 0.25) is 0 Å². The van der Waals surface area contributed by atoms with Crippen molar-refractivity contribution in [3.8, 4) is 0 Å². The molecule has 2 saturated heterocycles. The minimum Gasteiger partial charge on any atom is -0.357 e. The Hall–Kier alpha value is -0.970. The fraction of sp³-hybridized carbons (Fsp3) is 0.750. The summed E-state index contributed by atoms with van der Waals surface area (Å²) in [6, 6.07) is 0. The lowest BCUT2D eigenvalue weighted by Gasteiger charge is -2.41. The van der Waals surface area contributed by atoms with E-state index in [1.165, 1.54) is 0 Å². The van der Waals surface area contributed by atoms with Gasteiger partial charge in [-0.2, -0.15) is 0 Å². The normalized spacial score (nSPS) is 42.7. The van der Waals surface area contributed by atoms with E-state index in [1.807, 2.05) is 13.0 Å². The Morgan fingerprint density at radius 2 is 1.96 bits per heavy atom. The summed E-state index contributed by atoms with van der Waals surface area (Å²) in [7, 11) is 0. The van der Waals surface area contributed by atoms with Gasteiger partial charge in [-0.05, 0) is 38.5 Å². The highest BCUT2D eigenvalue weighted by molar-refractivity contribution is 5.94. The SMILES string of the molecule is C=CC[C@@H]1CC[C@@H]2O[C@]12C(=O)[C@@H]1CC2(CC[C@H]1C(=C)C)OCCO2. The molecule has 5 atom stereocenters. The lowest BCUT2D eigenvalue weighted by Crippen LogP contribution is -2.48. The minimum absolute atomic E-state index is 0.107. The third-order valence-electron chi connectivity index (χ3n) is 6.61. The van der Waals surface area contributed by atoms with E-state index in [-0.39, 0.29) is 29.6 Å². The summed E-state index contributed by atoms with van der Waals surface area (Å²) in [5.74, 6) is 0.0920. The van der Waals surface area contributed by atoms with Gasteiger partial charge in [-0.15, -0.1) is 6.58 Å². The van der Waals surface area contributed by atoms with Gasteiger partial charge < -0.3 is 14.2 Å². The van der Waals surface area contributed by atoms with Crippen LogP contribution in [0.25, 0.3) is 0 Å². The van der Waals surface area contributed by atoms with Crippen LogP contribution in [0.15, 0.2) is 24.8 Å². The first kappa shape index (κ1) is 16.5. The quantitative estimate of drug-likeness (QED) is 0.572. The van der Waals surface area contributed by atoms with Gasteiger partial charge in [0, 0.05) is 24.7 Å². The van der Waals surface area contributed by atoms with Gasteiger partial charge in [0.25, 0.3) is 0 Å². The second-order valence-electron chi connectivity index (χ2n) is 7.97. The van der Waals surface area contributed by atoms with E-state index in [0.717, 1.165) is 37.7 Å². The number of ketones is 1. The van der Waals surface area contributed by atoms with E-state index in [9.17, 15) is 4.79 Å². The molecule has 4 rings (SSSR count). The van der Waals surface area contributed by atoms with Gasteiger partial charge in [-0.1, -0.05) is 18.2 Å². The first-order chi connectivity index (χ1) is 11.5. The van der Waals surface area contributed by atoms with E-state index < -0.39 is 11.4 Å². The molecule has 4 nitrogen and oxygen atoms in total. The molecule has 2 saturated carbocycles. The highest BCUT2D eigenvalue weighted by Gasteiger charge is 2.71. The molecule has 0 unspecified atom stereocenters. The third kappa shape index (κ3) is 2.34. The zero-order valence-corrected chi connectivity index (χ0v) is 14.6. The van der Waals surface area contributed by atoms with Crippen molar-refractivity contribution in [2.45, 2.75) is 62.9 Å². The molecule has 0 bridgehead atoms. The molecule has 4 aliphatic rings. The summed E-state index contributed by atoms with van der Waals surface area (Å²) in [6.45, 7) is 11.3. The zero-order chi connectivity index (χ0) is 16.9. The van der Waals surface area contributed by atoms with Crippen LogP contribution >= 0.6 is 0 Å². The molecule has 1 spiro atoms. The summed E-state index contributed by atoms with van der Waals surface area (Å²) in [5, 5.41) is 0. The number of fused-ring (bicyclic) bond motifs is 1. The molecule has 0 aromatic rings. The van der Waals surface area contributed by atoms with Crippen molar-refractivity contribution in [2.24, 2.45) is 17.8 Å². The Morgan fingerprint density at radius 1 is 1.21 bits per heavy atom. The average molecular weight is 332 g/mol. The predicted octanol–water partition coefficient (Wildman–Crippen LogP) is 3.41. The molecule has 2 heterocycles. The number of rotatable bonds is 5. The fourth-order valence-electron chi connectivity index (χ4n) is 5.38. The Morgan fingerprint density at radius 3 is 2.58 bits per heavy atom. The van der Waals surface area contributed by atoms with Crippen LogP contribution in [0.4, 0.5) is 0 Å². The van der Waals surface area contributed by atoms with E-state index in [2.05, 4.69) is 13.2 Å². The molecule has 0 amide bonds. The molecule has 4 fully saturated rings. The summed E-state index contributed by atoms with van der Waals surface area (Å²) < 4.78 is 17.8. The maximum Gasteiger partial charge on any atom is 0.171 e. The highest BCUT2D eigenvalue weighted by atomic mass is 16.7. The minimum atomic E-state index is -0.566. The second kappa shape index (κ2) is 5.79. The van der Waals surface area contributed by atoms with Gasteiger partial charge in [0.2, 0.25) is 0 Å². The van der Waals surface area contributed by atoms with Crippen LogP contribution in [0.1, 0.15) is 45.4 Å². The van der Waals surface area contributed by atoms with E-state index in [0.29, 0.717) is 19.6 Å². The smallest absolute Gasteiger partial charge is 0.171 e. The number of carbonyl (C=O) groups excluding carboxylic acids is 1. The summed E-state index contributed by atoms with van der Waals surface area (Å²) in [5.41, 5.74) is 0.525. The van der Waals surface area contributed by atoms with Crippen molar-refractivity contribution in [1.29, 1.82) is 0 Å².